The summed E-state index contributed by atoms with van der Waals surface area (Å²) in [5, 5.41) is 9.28. The Hall–Kier alpha value is -4.18. The Labute approximate surface area is 223 Å². The number of carbonyl (C=O) groups is 1. The van der Waals surface area contributed by atoms with E-state index in [1.165, 1.54) is 31.2 Å². The average molecular weight is 509 g/mol. The zero-order chi connectivity index (χ0) is 26.5. The highest BCUT2D eigenvalue weighted by Gasteiger charge is 2.23. The van der Waals surface area contributed by atoms with Gasteiger partial charge in [-0.1, -0.05) is 24.3 Å². The first-order chi connectivity index (χ1) is 18.6. The van der Waals surface area contributed by atoms with Crippen LogP contribution in [0, 0.1) is 17.2 Å². The van der Waals surface area contributed by atoms with Gasteiger partial charge in [-0.15, -0.1) is 0 Å². The summed E-state index contributed by atoms with van der Waals surface area (Å²) in [5.41, 5.74) is 6.41. The molecule has 5 rings (SSSR count). The number of ether oxygens (including phenoxy) is 2. The van der Waals surface area contributed by atoms with Crippen LogP contribution in [0.5, 0.6) is 5.75 Å². The van der Waals surface area contributed by atoms with Crippen LogP contribution in [0.4, 0.5) is 0 Å². The summed E-state index contributed by atoms with van der Waals surface area (Å²) in [6.45, 7) is 3.57. The number of aromatic nitrogens is 3. The number of aryl methyl sites for hydroxylation is 1. The Morgan fingerprint density at radius 2 is 1.89 bits per heavy atom. The third kappa shape index (κ3) is 5.26. The Morgan fingerprint density at radius 3 is 2.61 bits per heavy atom. The van der Waals surface area contributed by atoms with Crippen LogP contribution in [0.3, 0.4) is 0 Å². The van der Waals surface area contributed by atoms with Gasteiger partial charge in [-0.25, -0.2) is 4.98 Å². The molecule has 0 unspecified atom stereocenters. The van der Waals surface area contributed by atoms with E-state index in [1.807, 2.05) is 42.9 Å². The van der Waals surface area contributed by atoms with Gasteiger partial charge in [0.25, 0.3) is 6.47 Å². The van der Waals surface area contributed by atoms with Gasteiger partial charge in [-0.2, -0.15) is 5.26 Å². The van der Waals surface area contributed by atoms with E-state index >= 15 is 0 Å². The van der Waals surface area contributed by atoms with E-state index in [2.05, 4.69) is 30.3 Å². The van der Waals surface area contributed by atoms with Gasteiger partial charge in [-0.05, 0) is 74.6 Å². The number of pyridine rings is 1. The van der Waals surface area contributed by atoms with Crippen LogP contribution in [0.25, 0.3) is 33.7 Å². The molecule has 2 aromatic heterocycles. The number of hydrogen-bond acceptors (Lipinski definition) is 6. The van der Waals surface area contributed by atoms with Crippen molar-refractivity contribution in [3.05, 3.63) is 65.9 Å². The van der Waals surface area contributed by atoms with Crippen molar-refractivity contribution in [2.45, 2.75) is 44.9 Å². The minimum atomic E-state index is 0.530. The van der Waals surface area contributed by atoms with Gasteiger partial charge in [0, 0.05) is 24.9 Å². The van der Waals surface area contributed by atoms with E-state index in [-0.39, 0.29) is 0 Å². The molecule has 1 saturated carbocycles. The molecule has 7 nitrogen and oxygen atoms in total. The summed E-state index contributed by atoms with van der Waals surface area (Å²) in [5.74, 6) is 2.70. The average Bonchev–Trinajstić information content (AvgIpc) is 3.29. The zero-order valence-corrected chi connectivity index (χ0v) is 21.9. The summed E-state index contributed by atoms with van der Waals surface area (Å²) in [6.07, 6.45) is 7.48. The van der Waals surface area contributed by atoms with Crippen molar-refractivity contribution >= 4 is 17.5 Å². The number of carbonyl (C=O) groups excluding carboxylic acids is 1. The Balaban J connectivity index is 1.35. The van der Waals surface area contributed by atoms with Crippen LogP contribution in [-0.4, -0.2) is 34.2 Å². The number of nitrogens with zero attached hydrogens (tertiary/aromatic N) is 4. The van der Waals surface area contributed by atoms with E-state index in [4.69, 9.17) is 19.4 Å². The van der Waals surface area contributed by atoms with Gasteiger partial charge in [0.05, 0.1) is 47.1 Å². The number of nitriles is 1. The molecule has 0 spiro atoms. The van der Waals surface area contributed by atoms with Gasteiger partial charge in [0.1, 0.15) is 11.6 Å². The van der Waals surface area contributed by atoms with Crippen molar-refractivity contribution in [2.24, 2.45) is 13.0 Å². The topological polar surface area (TPSA) is 90.0 Å². The lowest BCUT2D eigenvalue weighted by molar-refractivity contribution is -0.129. The first-order valence-corrected chi connectivity index (χ1v) is 13.3. The Bertz CT molecular complexity index is 1460. The van der Waals surface area contributed by atoms with Crippen LogP contribution in [-0.2, 0) is 16.6 Å². The maximum Gasteiger partial charge on any atom is 0.293 e. The van der Waals surface area contributed by atoms with Crippen LogP contribution < -0.4 is 4.74 Å². The molecular formula is C31H32N4O3. The van der Waals surface area contributed by atoms with Crippen molar-refractivity contribution < 1.29 is 14.3 Å². The number of fused-ring (bicyclic) bond motifs is 1. The minimum Gasteiger partial charge on any atom is -0.493 e. The smallest absolute Gasteiger partial charge is 0.293 e. The number of rotatable bonds is 9. The number of hydrogen-bond donors (Lipinski definition) is 0. The summed E-state index contributed by atoms with van der Waals surface area (Å²) >= 11 is 0. The molecule has 7 heteroatoms. The second-order valence-electron chi connectivity index (χ2n) is 9.90. The first kappa shape index (κ1) is 25.5. The quantitative estimate of drug-likeness (QED) is 0.192. The van der Waals surface area contributed by atoms with Crippen LogP contribution >= 0.6 is 0 Å². The van der Waals surface area contributed by atoms with Crippen molar-refractivity contribution in [3.63, 3.8) is 0 Å². The zero-order valence-electron chi connectivity index (χ0n) is 21.9. The molecule has 1 aliphatic rings. The SMILES string of the molecule is CCOc1cc(-c2ccc(C3CCC(CCOC=O)CC3)cc2)ncc1-c1nc2ccc(C#N)cc2n1C. The molecule has 0 bridgehead atoms. The van der Waals surface area contributed by atoms with E-state index in [1.54, 1.807) is 6.07 Å². The molecule has 0 radical (unpaired) electrons. The van der Waals surface area contributed by atoms with Crippen molar-refractivity contribution in [1.29, 1.82) is 5.26 Å². The van der Waals surface area contributed by atoms with E-state index < -0.39 is 0 Å². The van der Waals surface area contributed by atoms with Crippen LogP contribution in [0.2, 0.25) is 0 Å². The van der Waals surface area contributed by atoms with Crippen LogP contribution in [0.1, 0.15) is 56.1 Å². The second kappa shape index (κ2) is 11.5. The van der Waals surface area contributed by atoms with E-state index in [9.17, 15) is 10.1 Å². The molecule has 0 N–H and O–H groups in total. The third-order valence-electron chi connectivity index (χ3n) is 7.65. The molecule has 2 aromatic carbocycles. The van der Waals surface area contributed by atoms with E-state index in [0.717, 1.165) is 45.8 Å². The fourth-order valence-corrected chi connectivity index (χ4v) is 5.53. The first-order valence-electron chi connectivity index (χ1n) is 13.3. The van der Waals surface area contributed by atoms with Crippen molar-refractivity contribution in [2.75, 3.05) is 13.2 Å². The lowest BCUT2D eigenvalue weighted by Crippen LogP contribution is -2.15. The predicted molar refractivity (Wildman–Crippen MR) is 147 cm³/mol. The fraction of sp³-hybridized carbons (Fsp3) is 0.355. The molecule has 194 valence electrons. The molecule has 0 aliphatic heterocycles. The molecule has 2 heterocycles. The Kier molecular flexibility index (Phi) is 7.69. The van der Waals surface area contributed by atoms with Gasteiger partial charge >= 0.3 is 0 Å². The molecule has 1 aliphatic carbocycles. The largest absolute Gasteiger partial charge is 0.493 e. The van der Waals surface area contributed by atoms with Crippen molar-refractivity contribution in [1.82, 2.24) is 14.5 Å². The highest BCUT2D eigenvalue weighted by atomic mass is 16.5. The molecule has 0 atom stereocenters. The maximum atomic E-state index is 10.4. The number of benzene rings is 2. The normalized spacial score (nSPS) is 17.2. The fourth-order valence-electron chi connectivity index (χ4n) is 5.53. The third-order valence-corrected chi connectivity index (χ3v) is 7.65. The highest BCUT2D eigenvalue weighted by Crippen LogP contribution is 2.38. The molecule has 0 amide bonds. The Morgan fingerprint density at radius 1 is 1.11 bits per heavy atom. The summed E-state index contributed by atoms with van der Waals surface area (Å²) in [4.78, 5) is 19.9. The monoisotopic (exact) mass is 508 g/mol. The molecular weight excluding hydrogens is 476 g/mol. The summed E-state index contributed by atoms with van der Waals surface area (Å²) < 4.78 is 12.9. The van der Waals surface area contributed by atoms with E-state index in [0.29, 0.717) is 37.1 Å². The summed E-state index contributed by atoms with van der Waals surface area (Å²) in [7, 11) is 1.95. The van der Waals surface area contributed by atoms with Gasteiger partial charge in [0.2, 0.25) is 0 Å². The van der Waals surface area contributed by atoms with Gasteiger partial charge in [0.15, 0.2) is 0 Å². The minimum absolute atomic E-state index is 0.530. The lowest BCUT2D eigenvalue weighted by atomic mass is 9.77. The summed E-state index contributed by atoms with van der Waals surface area (Å²) in [6, 6.07) is 18.4. The standard InChI is InChI=1S/C31H32N4O3/c1-3-38-30-17-28(33-19-26(30)31-34-27-13-6-22(18-32)16-29(27)35(31)2)25-11-9-24(10-12-25)23-7-4-21(5-8-23)14-15-37-20-36/h6,9-13,16-17,19-21,23H,3-5,7-8,14-15H2,1-2H3. The molecule has 38 heavy (non-hydrogen) atoms. The highest BCUT2D eigenvalue weighted by molar-refractivity contribution is 5.83. The molecule has 1 fully saturated rings. The molecule has 4 aromatic rings. The molecule has 0 saturated heterocycles. The lowest BCUT2D eigenvalue weighted by Gasteiger charge is -2.28. The predicted octanol–water partition coefficient (Wildman–Crippen LogP) is 6.41. The van der Waals surface area contributed by atoms with Gasteiger partial charge < -0.3 is 14.0 Å². The van der Waals surface area contributed by atoms with Crippen molar-refractivity contribution in [3.8, 4) is 34.5 Å². The number of imidazole rings is 1. The van der Waals surface area contributed by atoms with Crippen LogP contribution in [0.15, 0.2) is 54.7 Å². The maximum absolute atomic E-state index is 10.4. The second-order valence-corrected chi connectivity index (χ2v) is 9.90. The van der Waals surface area contributed by atoms with Gasteiger partial charge in [-0.3, -0.25) is 9.78 Å².